The molecule has 0 aromatic heterocycles. The summed E-state index contributed by atoms with van der Waals surface area (Å²) in [6.07, 6.45) is -4.52. The molecule has 2 aromatic carbocycles. The van der Waals surface area contributed by atoms with Crippen molar-refractivity contribution in [2.75, 3.05) is 11.1 Å². The maximum atomic E-state index is 13.5. The summed E-state index contributed by atoms with van der Waals surface area (Å²) in [5, 5.41) is 2.55. The Bertz CT molecular complexity index is 593. The van der Waals surface area contributed by atoms with Crippen molar-refractivity contribution >= 4 is 17.1 Å². The third kappa shape index (κ3) is 2.96. The first-order valence-electron chi connectivity index (χ1n) is 5.36. The van der Waals surface area contributed by atoms with Gasteiger partial charge in [-0.2, -0.15) is 13.2 Å². The molecule has 2 rings (SSSR count). The third-order valence-corrected chi connectivity index (χ3v) is 2.52. The number of anilines is 3. The zero-order chi connectivity index (χ0) is 14.0. The molecule has 0 unspecified atom stereocenters. The number of alkyl halides is 3. The second kappa shape index (κ2) is 4.79. The molecule has 0 aliphatic rings. The molecule has 19 heavy (non-hydrogen) atoms. The van der Waals surface area contributed by atoms with Crippen molar-refractivity contribution in [2.24, 2.45) is 0 Å². The van der Waals surface area contributed by atoms with Crippen LogP contribution in [0.2, 0.25) is 0 Å². The van der Waals surface area contributed by atoms with E-state index in [9.17, 15) is 17.6 Å². The summed E-state index contributed by atoms with van der Waals surface area (Å²) < 4.78 is 51.1. The lowest BCUT2D eigenvalue weighted by Crippen LogP contribution is -2.06. The van der Waals surface area contributed by atoms with Crippen LogP contribution in [0, 0.1) is 5.82 Å². The molecule has 0 saturated heterocycles. The molecule has 0 aliphatic carbocycles. The van der Waals surface area contributed by atoms with Crippen LogP contribution in [0.1, 0.15) is 5.56 Å². The molecule has 0 fully saturated rings. The lowest BCUT2D eigenvalue weighted by molar-refractivity contribution is -0.137. The van der Waals surface area contributed by atoms with Crippen molar-refractivity contribution in [2.45, 2.75) is 6.18 Å². The summed E-state index contributed by atoms with van der Waals surface area (Å²) in [6.45, 7) is 0. The number of para-hydroxylation sites is 2. The molecule has 3 N–H and O–H groups in total. The normalized spacial score (nSPS) is 11.4. The number of nitrogens with one attached hydrogen (secondary N) is 1. The third-order valence-electron chi connectivity index (χ3n) is 2.52. The average Bonchev–Trinajstić information content (AvgIpc) is 2.33. The first-order chi connectivity index (χ1) is 8.88. The highest BCUT2D eigenvalue weighted by atomic mass is 19.4. The molecule has 0 amide bonds. The summed E-state index contributed by atoms with van der Waals surface area (Å²) in [4.78, 5) is 0. The second-order valence-electron chi connectivity index (χ2n) is 3.90. The van der Waals surface area contributed by atoms with Gasteiger partial charge in [0.15, 0.2) is 0 Å². The summed E-state index contributed by atoms with van der Waals surface area (Å²) in [7, 11) is 0. The van der Waals surface area contributed by atoms with Gasteiger partial charge in [-0.05, 0) is 30.3 Å². The van der Waals surface area contributed by atoms with Crippen LogP contribution in [-0.4, -0.2) is 0 Å². The summed E-state index contributed by atoms with van der Waals surface area (Å²) in [5.41, 5.74) is 5.11. The molecule has 0 spiro atoms. The van der Waals surface area contributed by atoms with Crippen LogP contribution in [0.3, 0.4) is 0 Å². The Morgan fingerprint density at radius 2 is 1.63 bits per heavy atom. The molecule has 100 valence electrons. The van der Waals surface area contributed by atoms with E-state index in [-0.39, 0.29) is 5.69 Å². The Labute approximate surface area is 106 Å². The van der Waals surface area contributed by atoms with E-state index in [4.69, 9.17) is 5.73 Å². The SMILES string of the molecule is Nc1ccccc1Nc1cc(C(F)(F)F)ccc1F. The van der Waals surface area contributed by atoms with Crippen LogP contribution in [0.25, 0.3) is 0 Å². The number of hydrogen-bond acceptors (Lipinski definition) is 2. The van der Waals surface area contributed by atoms with Crippen LogP contribution in [0.15, 0.2) is 42.5 Å². The first kappa shape index (κ1) is 13.2. The highest BCUT2D eigenvalue weighted by Crippen LogP contribution is 2.33. The fourth-order valence-electron chi connectivity index (χ4n) is 1.55. The monoisotopic (exact) mass is 270 g/mol. The minimum atomic E-state index is -4.52. The molecule has 0 saturated carbocycles. The Morgan fingerprint density at radius 1 is 0.947 bits per heavy atom. The second-order valence-corrected chi connectivity index (χ2v) is 3.90. The van der Waals surface area contributed by atoms with E-state index in [1.807, 2.05) is 0 Å². The van der Waals surface area contributed by atoms with Crippen molar-refractivity contribution in [3.05, 3.63) is 53.8 Å². The molecule has 2 nitrogen and oxygen atoms in total. The van der Waals surface area contributed by atoms with E-state index in [1.165, 1.54) is 0 Å². The molecular formula is C13H10F4N2. The quantitative estimate of drug-likeness (QED) is 0.635. The van der Waals surface area contributed by atoms with Gasteiger partial charge in [0.05, 0.1) is 22.6 Å². The zero-order valence-corrected chi connectivity index (χ0v) is 9.63. The Balaban J connectivity index is 2.38. The molecular weight excluding hydrogens is 260 g/mol. The van der Waals surface area contributed by atoms with Crippen molar-refractivity contribution in [3.63, 3.8) is 0 Å². The topological polar surface area (TPSA) is 38.0 Å². The number of nitrogens with two attached hydrogens (primary N) is 1. The molecule has 0 heterocycles. The van der Waals surface area contributed by atoms with Gasteiger partial charge in [0.2, 0.25) is 0 Å². The van der Waals surface area contributed by atoms with E-state index in [0.717, 1.165) is 6.07 Å². The molecule has 0 aliphatic heterocycles. The fraction of sp³-hybridized carbons (Fsp3) is 0.0769. The van der Waals surface area contributed by atoms with Gasteiger partial charge in [0.25, 0.3) is 0 Å². The van der Waals surface area contributed by atoms with Crippen LogP contribution in [0.4, 0.5) is 34.6 Å². The highest BCUT2D eigenvalue weighted by Gasteiger charge is 2.31. The van der Waals surface area contributed by atoms with Crippen molar-refractivity contribution in [1.82, 2.24) is 0 Å². The molecule has 0 atom stereocenters. The Kier molecular flexibility index (Phi) is 3.33. The van der Waals surface area contributed by atoms with Gasteiger partial charge >= 0.3 is 6.18 Å². The molecule has 0 radical (unpaired) electrons. The Morgan fingerprint density at radius 3 is 2.26 bits per heavy atom. The summed E-state index contributed by atoms with van der Waals surface area (Å²) in [6, 6.07) is 8.59. The zero-order valence-electron chi connectivity index (χ0n) is 9.63. The van der Waals surface area contributed by atoms with Crippen LogP contribution in [-0.2, 0) is 6.18 Å². The van der Waals surface area contributed by atoms with Gasteiger partial charge < -0.3 is 11.1 Å². The summed E-state index contributed by atoms with van der Waals surface area (Å²) >= 11 is 0. The van der Waals surface area contributed by atoms with Crippen LogP contribution >= 0.6 is 0 Å². The number of hydrogen-bond donors (Lipinski definition) is 2. The molecule has 0 bridgehead atoms. The smallest absolute Gasteiger partial charge is 0.397 e. The lowest BCUT2D eigenvalue weighted by Gasteiger charge is -2.13. The minimum absolute atomic E-state index is 0.271. The predicted molar refractivity (Wildman–Crippen MR) is 65.5 cm³/mol. The van der Waals surface area contributed by atoms with E-state index in [0.29, 0.717) is 23.5 Å². The van der Waals surface area contributed by atoms with Gasteiger partial charge in [-0.3, -0.25) is 0 Å². The van der Waals surface area contributed by atoms with Crippen LogP contribution in [0.5, 0.6) is 0 Å². The van der Waals surface area contributed by atoms with E-state index >= 15 is 0 Å². The molecule has 6 heteroatoms. The number of halogens is 4. The van der Waals surface area contributed by atoms with E-state index in [2.05, 4.69) is 5.32 Å². The number of rotatable bonds is 2. The van der Waals surface area contributed by atoms with Crippen molar-refractivity contribution in [1.29, 1.82) is 0 Å². The lowest BCUT2D eigenvalue weighted by atomic mass is 10.1. The predicted octanol–water partition coefficient (Wildman–Crippen LogP) is 4.17. The van der Waals surface area contributed by atoms with Gasteiger partial charge in [0, 0.05) is 0 Å². The average molecular weight is 270 g/mol. The summed E-state index contributed by atoms with van der Waals surface area (Å²) in [5.74, 6) is -0.781. The van der Waals surface area contributed by atoms with E-state index < -0.39 is 17.6 Å². The standard InChI is InChI=1S/C13H10F4N2/c14-9-6-5-8(13(15,16)17)7-12(9)19-11-4-2-1-3-10(11)18/h1-7,19H,18H2. The van der Waals surface area contributed by atoms with Gasteiger partial charge in [-0.25, -0.2) is 4.39 Å². The molecule has 2 aromatic rings. The van der Waals surface area contributed by atoms with Gasteiger partial charge in [-0.1, -0.05) is 12.1 Å². The Hall–Kier alpha value is -2.24. The van der Waals surface area contributed by atoms with E-state index in [1.54, 1.807) is 24.3 Å². The number of nitrogen functional groups attached to an aromatic ring is 1. The maximum absolute atomic E-state index is 13.5. The minimum Gasteiger partial charge on any atom is -0.397 e. The highest BCUT2D eigenvalue weighted by molar-refractivity contribution is 5.72. The van der Waals surface area contributed by atoms with Crippen LogP contribution < -0.4 is 11.1 Å². The largest absolute Gasteiger partial charge is 0.416 e. The maximum Gasteiger partial charge on any atom is 0.416 e. The number of benzene rings is 2. The first-order valence-corrected chi connectivity index (χ1v) is 5.36. The van der Waals surface area contributed by atoms with Gasteiger partial charge in [-0.15, -0.1) is 0 Å². The van der Waals surface area contributed by atoms with Crippen molar-refractivity contribution in [3.8, 4) is 0 Å². The fourth-order valence-corrected chi connectivity index (χ4v) is 1.55. The van der Waals surface area contributed by atoms with Crippen molar-refractivity contribution < 1.29 is 17.6 Å². The van der Waals surface area contributed by atoms with Gasteiger partial charge in [0.1, 0.15) is 5.82 Å².